The molecule has 1 aliphatic heterocycles. The molecule has 1 unspecified atom stereocenters. The van der Waals surface area contributed by atoms with Crippen LogP contribution in [0, 0.1) is 6.92 Å². The van der Waals surface area contributed by atoms with Crippen LogP contribution in [0.25, 0.3) is 0 Å². The monoisotopic (exact) mass is 355 g/mol. The molecular weight excluding hydrogens is 330 g/mol. The van der Waals surface area contributed by atoms with E-state index in [0.717, 1.165) is 43.6 Å². The summed E-state index contributed by atoms with van der Waals surface area (Å²) in [5.74, 6) is 2.44. The first-order valence-electron chi connectivity index (χ1n) is 9.40. The summed E-state index contributed by atoms with van der Waals surface area (Å²) in [6.07, 6.45) is 5.11. The first-order chi connectivity index (χ1) is 12.6. The van der Waals surface area contributed by atoms with Gasteiger partial charge in [0.15, 0.2) is 12.4 Å². The maximum absolute atomic E-state index is 12.9. The molecule has 0 radical (unpaired) electrons. The second kappa shape index (κ2) is 6.74. The molecule has 1 aromatic heterocycles. The third kappa shape index (κ3) is 3.32. The number of aromatic nitrogens is 2. The Balaban J connectivity index is 1.49. The van der Waals surface area contributed by atoms with Crippen molar-refractivity contribution in [2.45, 2.75) is 57.4 Å². The van der Waals surface area contributed by atoms with Gasteiger partial charge in [-0.1, -0.05) is 17.3 Å². The molecular formula is C20H25N3O3. The molecule has 6 nitrogen and oxygen atoms in total. The second-order valence-electron chi connectivity index (χ2n) is 7.61. The topological polar surface area (TPSA) is 68.5 Å². The Morgan fingerprint density at radius 1 is 1.38 bits per heavy atom. The van der Waals surface area contributed by atoms with E-state index in [-0.39, 0.29) is 12.5 Å². The number of amides is 1. The van der Waals surface area contributed by atoms with Crippen LogP contribution in [0.5, 0.6) is 5.75 Å². The average molecular weight is 355 g/mol. The minimum absolute atomic E-state index is 0.0202. The minimum Gasteiger partial charge on any atom is -0.484 e. The van der Waals surface area contributed by atoms with E-state index in [1.807, 2.05) is 43.0 Å². The Morgan fingerprint density at radius 2 is 2.23 bits per heavy atom. The normalized spacial score (nSPS) is 23.1. The summed E-state index contributed by atoms with van der Waals surface area (Å²) in [4.78, 5) is 19.4. The highest BCUT2D eigenvalue weighted by Gasteiger charge is 2.43. The molecule has 0 bridgehead atoms. The number of aryl methyl sites for hydroxylation is 1. The average Bonchev–Trinajstić information content (AvgIpc) is 3.36. The number of likely N-dealkylation sites (tertiary alicyclic amines) is 1. The van der Waals surface area contributed by atoms with E-state index in [2.05, 4.69) is 10.1 Å². The lowest BCUT2D eigenvalue weighted by atomic mass is 9.87. The third-order valence-corrected chi connectivity index (χ3v) is 5.39. The summed E-state index contributed by atoms with van der Waals surface area (Å²) in [5.41, 5.74) is 0.583. The molecule has 26 heavy (non-hydrogen) atoms. The fourth-order valence-electron chi connectivity index (χ4n) is 3.63. The van der Waals surface area contributed by atoms with E-state index < -0.39 is 5.54 Å². The Bertz CT molecular complexity index is 799. The SMILES string of the molecule is Cc1cccc(OCC(=O)N2CCCCC2(C)c2noc(C3CC3)n2)c1. The molecule has 1 atom stereocenters. The van der Waals surface area contributed by atoms with Gasteiger partial charge in [-0.15, -0.1) is 0 Å². The van der Waals surface area contributed by atoms with Gasteiger partial charge in [0.25, 0.3) is 5.91 Å². The number of hydrogen-bond donors (Lipinski definition) is 0. The highest BCUT2D eigenvalue weighted by Crippen LogP contribution is 2.41. The van der Waals surface area contributed by atoms with Gasteiger partial charge in [0.2, 0.25) is 5.89 Å². The summed E-state index contributed by atoms with van der Waals surface area (Å²) in [5, 5.41) is 4.21. The fraction of sp³-hybridized carbons (Fsp3) is 0.550. The molecule has 0 spiro atoms. The standard InChI is InChI=1S/C20H25N3O3/c1-14-6-5-7-16(12-14)25-13-17(24)23-11-4-3-10-20(23,2)19-21-18(26-22-19)15-8-9-15/h5-7,12,15H,3-4,8-11,13H2,1-2H3. The van der Waals surface area contributed by atoms with E-state index >= 15 is 0 Å². The van der Waals surface area contributed by atoms with Crippen LogP contribution in [-0.4, -0.2) is 34.1 Å². The first kappa shape index (κ1) is 17.1. The lowest BCUT2D eigenvalue weighted by Crippen LogP contribution is -2.52. The smallest absolute Gasteiger partial charge is 0.261 e. The Morgan fingerprint density at radius 3 is 3.00 bits per heavy atom. The van der Waals surface area contributed by atoms with Crippen molar-refractivity contribution < 1.29 is 14.1 Å². The van der Waals surface area contributed by atoms with E-state index in [1.54, 1.807) is 0 Å². The van der Waals surface area contributed by atoms with Gasteiger partial charge < -0.3 is 14.2 Å². The maximum Gasteiger partial charge on any atom is 0.261 e. The van der Waals surface area contributed by atoms with Crippen molar-refractivity contribution in [1.82, 2.24) is 15.0 Å². The molecule has 0 N–H and O–H groups in total. The lowest BCUT2D eigenvalue weighted by Gasteiger charge is -2.42. The lowest BCUT2D eigenvalue weighted by molar-refractivity contribution is -0.142. The van der Waals surface area contributed by atoms with Gasteiger partial charge in [0.1, 0.15) is 11.3 Å². The molecule has 4 rings (SSSR count). The van der Waals surface area contributed by atoms with Gasteiger partial charge in [-0.05, 0) is 63.6 Å². The Hall–Kier alpha value is -2.37. The molecule has 2 fully saturated rings. The van der Waals surface area contributed by atoms with E-state index in [4.69, 9.17) is 9.26 Å². The zero-order chi connectivity index (χ0) is 18.1. The molecule has 1 aliphatic carbocycles. The van der Waals surface area contributed by atoms with Crippen LogP contribution in [0.2, 0.25) is 0 Å². The number of rotatable bonds is 5. The number of ether oxygens (including phenoxy) is 1. The van der Waals surface area contributed by atoms with Crippen molar-refractivity contribution in [2.75, 3.05) is 13.2 Å². The van der Waals surface area contributed by atoms with Crippen molar-refractivity contribution in [1.29, 1.82) is 0 Å². The molecule has 1 saturated carbocycles. The highest BCUT2D eigenvalue weighted by atomic mass is 16.5. The predicted octanol–water partition coefficient (Wildman–Crippen LogP) is 3.56. The quantitative estimate of drug-likeness (QED) is 0.820. The van der Waals surface area contributed by atoms with Gasteiger partial charge in [-0.25, -0.2) is 0 Å². The number of hydrogen-bond acceptors (Lipinski definition) is 5. The van der Waals surface area contributed by atoms with Crippen molar-refractivity contribution in [2.24, 2.45) is 0 Å². The Kier molecular flexibility index (Phi) is 4.42. The molecule has 1 amide bonds. The Labute approximate surface area is 153 Å². The van der Waals surface area contributed by atoms with Crippen molar-refractivity contribution in [3.63, 3.8) is 0 Å². The molecule has 1 aromatic carbocycles. The molecule has 138 valence electrons. The van der Waals surface area contributed by atoms with Gasteiger partial charge in [0.05, 0.1) is 0 Å². The van der Waals surface area contributed by atoms with Crippen LogP contribution in [0.1, 0.15) is 62.2 Å². The number of nitrogens with zero attached hydrogens (tertiary/aromatic N) is 3. The number of benzene rings is 1. The summed E-state index contributed by atoms with van der Waals surface area (Å²) in [6.45, 7) is 4.76. The van der Waals surface area contributed by atoms with Crippen LogP contribution in [0.15, 0.2) is 28.8 Å². The second-order valence-corrected chi connectivity index (χ2v) is 7.61. The summed E-state index contributed by atoms with van der Waals surface area (Å²) in [6, 6.07) is 7.74. The molecule has 1 saturated heterocycles. The van der Waals surface area contributed by atoms with Crippen LogP contribution >= 0.6 is 0 Å². The zero-order valence-corrected chi connectivity index (χ0v) is 15.4. The summed E-state index contributed by atoms with van der Waals surface area (Å²) in [7, 11) is 0. The van der Waals surface area contributed by atoms with Crippen LogP contribution in [-0.2, 0) is 10.3 Å². The summed E-state index contributed by atoms with van der Waals surface area (Å²) >= 11 is 0. The minimum atomic E-state index is -0.526. The predicted molar refractivity (Wildman–Crippen MR) is 95.9 cm³/mol. The molecule has 2 aromatic rings. The number of carbonyl (C=O) groups excluding carboxylic acids is 1. The van der Waals surface area contributed by atoms with Gasteiger partial charge in [-0.3, -0.25) is 4.79 Å². The number of carbonyl (C=O) groups is 1. The molecule has 2 heterocycles. The largest absolute Gasteiger partial charge is 0.484 e. The fourth-order valence-corrected chi connectivity index (χ4v) is 3.63. The summed E-state index contributed by atoms with van der Waals surface area (Å²) < 4.78 is 11.2. The third-order valence-electron chi connectivity index (χ3n) is 5.39. The highest BCUT2D eigenvalue weighted by molar-refractivity contribution is 5.78. The van der Waals surface area contributed by atoms with E-state index in [1.165, 1.54) is 0 Å². The number of piperidine rings is 1. The van der Waals surface area contributed by atoms with Crippen molar-refractivity contribution in [3.8, 4) is 5.75 Å². The molecule has 6 heteroatoms. The van der Waals surface area contributed by atoms with Gasteiger partial charge >= 0.3 is 0 Å². The van der Waals surface area contributed by atoms with Crippen molar-refractivity contribution in [3.05, 3.63) is 41.5 Å². The maximum atomic E-state index is 12.9. The van der Waals surface area contributed by atoms with Crippen LogP contribution < -0.4 is 4.74 Å². The molecule has 2 aliphatic rings. The van der Waals surface area contributed by atoms with Crippen LogP contribution in [0.3, 0.4) is 0 Å². The van der Waals surface area contributed by atoms with E-state index in [0.29, 0.717) is 24.0 Å². The van der Waals surface area contributed by atoms with E-state index in [9.17, 15) is 4.79 Å². The zero-order valence-electron chi connectivity index (χ0n) is 15.4. The van der Waals surface area contributed by atoms with Gasteiger partial charge in [-0.2, -0.15) is 4.98 Å². The van der Waals surface area contributed by atoms with Gasteiger partial charge in [0, 0.05) is 12.5 Å². The van der Waals surface area contributed by atoms with Crippen molar-refractivity contribution >= 4 is 5.91 Å². The first-order valence-corrected chi connectivity index (χ1v) is 9.40. The van der Waals surface area contributed by atoms with Crippen LogP contribution in [0.4, 0.5) is 0 Å².